The standard InChI is InChI=1S/C15H22ClN3O/c1-10-3-4-11(2)19(8-10)9-13-6-5-12(7-14(13)16)15(17)18-20/h5-7,10-11,20H,3-4,8-9H2,1-2H3,(H2,17,18). The van der Waals surface area contributed by atoms with Crippen LogP contribution in [0.15, 0.2) is 23.4 Å². The minimum atomic E-state index is 0.0819. The molecule has 1 heterocycles. The van der Waals surface area contributed by atoms with Crippen LogP contribution in [-0.2, 0) is 6.54 Å². The minimum Gasteiger partial charge on any atom is -0.409 e. The van der Waals surface area contributed by atoms with Crippen molar-refractivity contribution in [3.63, 3.8) is 0 Å². The maximum absolute atomic E-state index is 8.68. The molecule has 0 bridgehead atoms. The third-order valence-corrected chi connectivity index (χ3v) is 4.43. The molecule has 1 fully saturated rings. The zero-order chi connectivity index (χ0) is 14.7. The molecule has 0 aromatic heterocycles. The third kappa shape index (κ3) is 3.44. The lowest BCUT2D eigenvalue weighted by Gasteiger charge is -2.37. The number of nitrogens with two attached hydrogens (primary N) is 1. The number of nitrogens with zero attached hydrogens (tertiary/aromatic N) is 2. The average Bonchev–Trinajstić information content (AvgIpc) is 2.44. The van der Waals surface area contributed by atoms with E-state index < -0.39 is 0 Å². The van der Waals surface area contributed by atoms with Gasteiger partial charge in [-0.3, -0.25) is 4.90 Å². The van der Waals surface area contributed by atoms with E-state index in [9.17, 15) is 0 Å². The summed E-state index contributed by atoms with van der Waals surface area (Å²) in [6.45, 7) is 6.52. The predicted molar refractivity (Wildman–Crippen MR) is 82.2 cm³/mol. The first kappa shape index (κ1) is 15.1. The van der Waals surface area contributed by atoms with E-state index in [1.807, 2.05) is 12.1 Å². The molecule has 0 saturated carbocycles. The molecule has 0 radical (unpaired) electrons. The van der Waals surface area contributed by atoms with Crippen molar-refractivity contribution in [3.8, 4) is 0 Å². The minimum absolute atomic E-state index is 0.0819. The molecule has 1 aromatic carbocycles. The first-order valence-electron chi connectivity index (χ1n) is 7.01. The Morgan fingerprint density at radius 2 is 2.20 bits per heavy atom. The van der Waals surface area contributed by atoms with Crippen LogP contribution in [0.25, 0.3) is 0 Å². The number of rotatable bonds is 3. The molecule has 1 aliphatic heterocycles. The summed E-state index contributed by atoms with van der Waals surface area (Å²) in [4.78, 5) is 2.47. The zero-order valence-corrected chi connectivity index (χ0v) is 12.8. The van der Waals surface area contributed by atoms with E-state index in [-0.39, 0.29) is 5.84 Å². The fraction of sp³-hybridized carbons (Fsp3) is 0.533. The van der Waals surface area contributed by atoms with Gasteiger partial charge in [0.1, 0.15) is 0 Å². The largest absolute Gasteiger partial charge is 0.409 e. The first-order valence-corrected chi connectivity index (χ1v) is 7.39. The molecule has 2 rings (SSSR count). The fourth-order valence-corrected chi connectivity index (χ4v) is 2.95. The molecule has 20 heavy (non-hydrogen) atoms. The van der Waals surface area contributed by atoms with Crippen LogP contribution >= 0.6 is 11.6 Å². The van der Waals surface area contributed by atoms with Crippen molar-refractivity contribution in [1.29, 1.82) is 0 Å². The first-order chi connectivity index (χ1) is 9.51. The topological polar surface area (TPSA) is 61.8 Å². The van der Waals surface area contributed by atoms with Crippen molar-refractivity contribution in [2.75, 3.05) is 6.54 Å². The lowest BCUT2D eigenvalue weighted by Crippen LogP contribution is -2.40. The molecule has 3 N–H and O–H groups in total. The molecule has 0 amide bonds. The van der Waals surface area contributed by atoms with E-state index in [0.717, 1.165) is 24.6 Å². The highest BCUT2D eigenvalue weighted by Crippen LogP contribution is 2.26. The Balaban J connectivity index is 2.13. The van der Waals surface area contributed by atoms with Crippen molar-refractivity contribution < 1.29 is 5.21 Å². The summed E-state index contributed by atoms with van der Waals surface area (Å²) in [5, 5.41) is 12.3. The van der Waals surface area contributed by atoms with Crippen LogP contribution in [-0.4, -0.2) is 28.5 Å². The Bertz CT molecular complexity index is 504. The maximum atomic E-state index is 8.68. The monoisotopic (exact) mass is 295 g/mol. The van der Waals surface area contributed by atoms with Crippen molar-refractivity contribution in [2.45, 2.75) is 39.3 Å². The van der Waals surface area contributed by atoms with Gasteiger partial charge in [0.25, 0.3) is 0 Å². The summed E-state index contributed by atoms with van der Waals surface area (Å²) < 4.78 is 0. The van der Waals surface area contributed by atoms with Crippen LogP contribution in [0.4, 0.5) is 0 Å². The van der Waals surface area contributed by atoms with E-state index in [1.165, 1.54) is 12.8 Å². The number of amidine groups is 1. The highest BCUT2D eigenvalue weighted by molar-refractivity contribution is 6.31. The normalized spacial score (nSPS) is 24.9. The molecule has 2 unspecified atom stereocenters. The number of oxime groups is 1. The van der Waals surface area contributed by atoms with Gasteiger partial charge in [0.05, 0.1) is 0 Å². The second kappa shape index (κ2) is 6.46. The molecule has 4 nitrogen and oxygen atoms in total. The number of piperidine rings is 1. The van der Waals surface area contributed by atoms with Gasteiger partial charge in [-0.05, 0) is 37.3 Å². The van der Waals surface area contributed by atoms with Gasteiger partial charge >= 0.3 is 0 Å². The summed E-state index contributed by atoms with van der Waals surface area (Å²) in [6, 6.07) is 6.14. The van der Waals surface area contributed by atoms with Crippen LogP contribution in [0, 0.1) is 5.92 Å². The van der Waals surface area contributed by atoms with Gasteiger partial charge in [-0.25, -0.2) is 0 Å². The summed E-state index contributed by atoms with van der Waals surface area (Å²) in [5.74, 6) is 0.819. The van der Waals surface area contributed by atoms with Gasteiger partial charge in [0, 0.05) is 29.7 Å². The molecule has 2 atom stereocenters. The second-order valence-electron chi connectivity index (χ2n) is 5.75. The van der Waals surface area contributed by atoms with Crippen LogP contribution < -0.4 is 5.73 Å². The lowest BCUT2D eigenvalue weighted by molar-refractivity contribution is 0.117. The van der Waals surface area contributed by atoms with E-state index >= 15 is 0 Å². The molecular weight excluding hydrogens is 274 g/mol. The highest BCUT2D eigenvalue weighted by Gasteiger charge is 2.23. The van der Waals surface area contributed by atoms with Gasteiger partial charge < -0.3 is 10.9 Å². The van der Waals surface area contributed by atoms with Gasteiger partial charge in [0.2, 0.25) is 0 Å². The quantitative estimate of drug-likeness (QED) is 0.390. The Morgan fingerprint density at radius 1 is 1.45 bits per heavy atom. The summed E-state index contributed by atoms with van der Waals surface area (Å²) >= 11 is 6.31. The number of benzene rings is 1. The van der Waals surface area contributed by atoms with E-state index in [1.54, 1.807) is 6.07 Å². The molecule has 0 aliphatic carbocycles. The Hall–Kier alpha value is -1.26. The lowest BCUT2D eigenvalue weighted by atomic mass is 9.94. The number of hydrogen-bond donors (Lipinski definition) is 2. The van der Waals surface area contributed by atoms with Crippen molar-refractivity contribution in [1.82, 2.24) is 4.90 Å². The van der Waals surface area contributed by atoms with Crippen molar-refractivity contribution in [3.05, 3.63) is 34.3 Å². The fourth-order valence-electron chi connectivity index (χ4n) is 2.71. The molecule has 1 saturated heterocycles. The van der Waals surface area contributed by atoms with Gasteiger partial charge in [-0.2, -0.15) is 0 Å². The molecule has 5 heteroatoms. The summed E-state index contributed by atoms with van der Waals surface area (Å²) in [6.07, 6.45) is 2.54. The summed E-state index contributed by atoms with van der Waals surface area (Å²) in [7, 11) is 0. The van der Waals surface area contributed by atoms with Crippen molar-refractivity contribution >= 4 is 17.4 Å². The molecular formula is C15H22ClN3O. The summed E-state index contributed by atoms with van der Waals surface area (Å²) in [5.41, 5.74) is 7.29. The Kier molecular flexibility index (Phi) is 4.89. The van der Waals surface area contributed by atoms with Gasteiger partial charge in [-0.15, -0.1) is 0 Å². The van der Waals surface area contributed by atoms with Gasteiger partial charge in [-0.1, -0.05) is 35.8 Å². The molecule has 0 spiro atoms. The molecule has 1 aliphatic rings. The third-order valence-electron chi connectivity index (χ3n) is 4.08. The predicted octanol–water partition coefficient (Wildman–Crippen LogP) is 3.05. The highest BCUT2D eigenvalue weighted by atomic mass is 35.5. The zero-order valence-electron chi connectivity index (χ0n) is 12.0. The smallest absolute Gasteiger partial charge is 0.170 e. The number of halogens is 1. The Morgan fingerprint density at radius 3 is 2.85 bits per heavy atom. The number of hydrogen-bond acceptors (Lipinski definition) is 3. The van der Waals surface area contributed by atoms with Crippen molar-refractivity contribution in [2.24, 2.45) is 16.8 Å². The van der Waals surface area contributed by atoms with E-state index in [2.05, 4.69) is 23.9 Å². The van der Waals surface area contributed by atoms with Crippen LogP contribution in [0.5, 0.6) is 0 Å². The molecule has 1 aromatic rings. The second-order valence-corrected chi connectivity index (χ2v) is 6.16. The van der Waals surface area contributed by atoms with Crippen LogP contribution in [0.2, 0.25) is 5.02 Å². The number of likely N-dealkylation sites (tertiary alicyclic amines) is 1. The van der Waals surface area contributed by atoms with Gasteiger partial charge in [0.15, 0.2) is 5.84 Å². The molecule has 110 valence electrons. The SMILES string of the molecule is CC1CCC(C)N(Cc2ccc(/C(N)=N/O)cc2Cl)C1. The van der Waals surface area contributed by atoms with E-state index in [0.29, 0.717) is 16.6 Å². The van der Waals surface area contributed by atoms with Crippen LogP contribution in [0.3, 0.4) is 0 Å². The average molecular weight is 296 g/mol. The van der Waals surface area contributed by atoms with E-state index in [4.69, 9.17) is 22.5 Å². The Labute approximate surface area is 125 Å². The maximum Gasteiger partial charge on any atom is 0.170 e. The van der Waals surface area contributed by atoms with Crippen LogP contribution in [0.1, 0.15) is 37.8 Å².